The fourth-order valence-electron chi connectivity index (χ4n) is 1.98. The maximum Gasteiger partial charge on any atom is 0.0406 e. The molecule has 0 aromatic heterocycles. The molecule has 0 aliphatic carbocycles. The number of nitrogens with two attached hydrogens (primary N) is 1. The average molecular weight is 385 g/mol. The van der Waals surface area contributed by atoms with Gasteiger partial charge in [-0.1, -0.05) is 36.7 Å². The molecule has 2 aromatic carbocycles. The van der Waals surface area contributed by atoms with E-state index in [1.807, 2.05) is 23.9 Å². The molecule has 0 spiro atoms. The number of benzene rings is 2. The van der Waals surface area contributed by atoms with Crippen molar-refractivity contribution in [2.45, 2.75) is 36.5 Å². The van der Waals surface area contributed by atoms with Gasteiger partial charge in [0.25, 0.3) is 0 Å². The second-order valence-corrected chi connectivity index (χ2v) is 7.36. The standard InChI is InChI=1S/C17H19BrClNS/c1-2-15(20)9-13-5-8-17(16(18)10-13)21-11-12-3-6-14(19)7-4-12/h3-8,10,15H,2,9,11,20H2,1H3. The Kier molecular flexibility index (Phi) is 6.62. The van der Waals surface area contributed by atoms with Crippen LogP contribution in [0.15, 0.2) is 51.8 Å². The van der Waals surface area contributed by atoms with E-state index < -0.39 is 0 Å². The van der Waals surface area contributed by atoms with Crippen molar-refractivity contribution in [3.63, 3.8) is 0 Å². The van der Waals surface area contributed by atoms with Crippen LogP contribution in [-0.2, 0) is 12.2 Å². The molecule has 2 rings (SSSR count). The van der Waals surface area contributed by atoms with Crippen LogP contribution in [0.2, 0.25) is 5.02 Å². The molecule has 0 heterocycles. The lowest BCUT2D eigenvalue weighted by atomic mass is 10.1. The molecule has 0 saturated heterocycles. The highest BCUT2D eigenvalue weighted by molar-refractivity contribution is 9.10. The van der Waals surface area contributed by atoms with Gasteiger partial charge in [0.1, 0.15) is 0 Å². The van der Waals surface area contributed by atoms with Crippen molar-refractivity contribution in [2.24, 2.45) is 5.73 Å². The molecule has 112 valence electrons. The topological polar surface area (TPSA) is 26.0 Å². The van der Waals surface area contributed by atoms with Crippen LogP contribution in [-0.4, -0.2) is 6.04 Å². The molecule has 2 N–H and O–H groups in total. The highest BCUT2D eigenvalue weighted by Crippen LogP contribution is 2.31. The molecular weight excluding hydrogens is 366 g/mol. The lowest BCUT2D eigenvalue weighted by Crippen LogP contribution is -2.21. The van der Waals surface area contributed by atoms with E-state index in [1.165, 1.54) is 16.0 Å². The summed E-state index contributed by atoms with van der Waals surface area (Å²) >= 11 is 11.4. The van der Waals surface area contributed by atoms with Gasteiger partial charge in [-0.05, 0) is 64.2 Å². The molecule has 0 aliphatic heterocycles. The van der Waals surface area contributed by atoms with E-state index in [2.05, 4.69) is 53.2 Å². The summed E-state index contributed by atoms with van der Waals surface area (Å²) in [5, 5.41) is 0.779. The van der Waals surface area contributed by atoms with Gasteiger partial charge in [-0.15, -0.1) is 11.8 Å². The Balaban J connectivity index is 1.99. The number of hydrogen-bond donors (Lipinski definition) is 1. The maximum atomic E-state index is 6.01. The average Bonchev–Trinajstić information content (AvgIpc) is 2.48. The quantitative estimate of drug-likeness (QED) is 0.649. The first-order valence-corrected chi connectivity index (χ1v) is 9.15. The maximum absolute atomic E-state index is 6.01. The predicted octanol–water partition coefficient (Wildman–Crippen LogP) is 5.67. The molecule has 4 heteroatoms. The first kappa shape index (κ1) is 16.9. The van der Waals surface area contributed by atoms with Crippen LogP contribution in [0.5, 0.6) is 0 Å². The van der Waals surface area contributed by atoms with Crippen LogP contribution in [0.25, 0.3) is 0 Å². The first-order chi connectivity index (χ1) is 10.1. The Morgan fingerprint density at radius 2 is 1.81 bits per heavy atom. The minimum absolute atomic E-state index is 0.240. The van der Waals surface area contributed by atoms with Crippen molar-refractivity contribution < 1.29 is 0 Å². The molecule has 1 atom stereocenters. The summed E-state index contributed by atoms with van der Waals surface area (Å²) in [6, 6.07) is 14.8. The lowest BCUT2D eigenvalue weighted by molar-refractivity contribution is 0.646. The normalized spacial score (nSPS) is 12.4. The summed E-state index contributed by atoms with van der Waals surface area (Å²) in [5.74, 6) is 0.934. The first-order valence-electron chi connectivity index (χ1n) is 6.99. The van der Waals surface area contributed by atoms with Gasteiger partial charge >= 0.3 is 0 Å². The molecule has 21 heavy (non-hydrogen) atoms. The molecule has 0 fully saturated rings. The minimum Gasteiger partial charge on any atom is -0.327 e. The van der Waals surface area contributed by atoms with E-state index in [9.17, 15) is 0 Å². The van der Waals surface area contributed by atoms with Crippen molar-refractivity contribution in [1.82, 2.24) is 0 Å². The van der Waals surface area contributed by atoms with Gasteiger partial charge < -0.3 is 5.73 Å². The smallest absolute Gasteiger partial charge is 0.0406 e. The minimum atomic E-state index is 0.240. The summed E-state index contributed by atoms with van der Waals surface area (Å²) < 4.78 is 1.14. The third-order valence-electron chi connectivity index (χ3n) is 3.33. The second-order valence-electron chi connectivity index (χ2n) is 5.05. The third-order valence-corrected chi connectivity index (χ3v) is 5.64. The molecule has 1 nitrogen and oxygen atoms in total. The van der Waals surface area contributed by atoms with Gasteiger partial charge in [0, 0.05) is 26.2 Å². The van der Waals surface area contributed by atoms with E-state index >= 15 is 0 Å². The molecule has 1 unspecified atom stereocenters. The lowest BCUT2D eigenvalue weighted by Gasteiger charge is -2.11. The Bertz CT molecular complexity index is 586. The SMILES string of the molecule is CCC(N)Cc1ccc(SCc2ccc(Cl)cc2)c(Br)c1. The highest BCUT2D eigenvalue weighted by Gasteiger charge is 2.06. The van der Waals surface area contributed by atoms with Crippen molar-refractivity contribution in [3.05, 3.63) is 63.1 Å². The fourth-order valence-corrected chi connectivity index (χ4v) is 3.75. The fraction of sp³-hybridized carbons (Fsp3) is 0.294. The number of halogens is 2. The van der Waals surface area contributed by atoms with Gasteiger partial charge in [0.2, 0.25) is 0 Å². The summed E-state index contributed by atoms with van der Waals surface area (Å²) in [7, 11) is 0. The van der Waals surface area contributed by atoms with Crippen LogP contribution in [0.3, 0.4) is 0 Å². The van der Waals surface area contributed by atoms with E-state index in [1.54, 1.807) is 0 Å². The van der Waals surface area contributed by atoms with Crippen LogP contribution in [0.1, 0.15) is 24.5 Å². The largest absolute Gasteiger partial charge is 0.327 e. The summed E-state index contributed by atoms with van der Waals surface area (Å²) in [5.41, 5.74) is 8.56. The van der Waals surface area contributed by atoms with Crippen LogP contribution in [0.4, 0.5) is 0 Å². The number of thioether (sulfide) groups is 1. The van der Waals surface area contributed by atoms with E-state index in [0.717, 1.165) is 28.1 Å². The number of rotatable bonds is 6. The molecule has 0 amide bonds. The van der Waals surface area contributed by atoms with E-state index in [-0.39, 0.29) is 6.04 Å². The molecule has 0 radical (unpaired) electrons. The van der Waals surface area contributed by atoms with Crippen molar-refractivity contribution in [3.8, 4) is 0 Å². The van der Waals surface area contributed by atoms with E-state index in [0.29, 0.717) is 0 Å². The molecule has 0 bridgehead atoms. The van der Waals surface area contributed by atoms with Crippen LogP contribution >= 0.6 is 39.3 Å². The molecule has 2 aromatic rings. The Morgan fingerprint density at radius 3 is 2.43 bits per heavy atom. The van der Waals surface area contributed by atoms with Gasteiger partial charge in [0.15, 0.2) is 0 Å². The zero-order valence-electron chi connectivity index (χ0n) is 12.0. The van der Waals surface area contributed by atoms with Crippen molar-refractivity contribution >= 4 is 39.3 Å². The summed E-state index contributed by atoms with van der Waals surface area (Å²) in [6.45, 7) is 2.12. The zero-order chi connectivity index (χ0) is 15.2. The van der Waals surface area contributed by atoms with Crippen molar-refractivity contribution in [1.29, 1.82) is 0 Å². The van der Waals surface area contributed by atoms with Crippen molar-refractivity contribution in [2.75, 3.05) is 0 Å². The highest BCUT2D eigenvalue weighted by atomic mass is 79.9. The van der Waals surface area contributed by atoms with Crippen LogP contribution in [0, 0.1) is 0 Å². The monoisotopic (exact) mass is 383 g/mol. The Hall–Kier alpha value is -0.480. The Morgan fingerprint density at radius 1 is 1.14 bits per heavy atom. The van der Waals surface area contributed by atoms with E-state index in [4.69, 9.17) is 17.3 Å². The van der Waals surface area contributed by atoms with Gasteiger partial charge in [0.05, 0.1) is 0 Å². The van der Waals surface area contributed by atoms with Gasteiger partial charge in [-0.3, -0.25) is 0 Å². The zero-order valence-corrected chi connectivity index (χ0v) is 15.1. The summed E-state index contributed by atoms with van der Waals surface area (Å²) in [6.07, 6.45) is 1.93. The predicted molar refractivity (Wildman–Crippen MR) is 97.1 cm³/mol. The summed E-state index contributed by atoms with van der Waals surface area (Å²) in [4.78, 5) is 1.25. The molecule has 0 aliphatic rings. The second kappa shape index (κ2) is 8.23. The molecule has 0 saturated carbocycles. The van der Waals surface area contributed by atoms with Gasteiger partial charge in [-0.2, -0.15) is 0 Å². The number of hydrogen-bond acceptors (Lipinski definition) is 2. The third kappa shape index (κ3) is 5.33. The van der Waals surface area contributed by atoms with Crippen LogP contribution < -0.4 is 5.73 Å². The molecular formula is C17H19BrClNS. The Labute approximate surface area is 144 Å². The van der Waals surface area contributed by atoms with Gasteiger partial charge in [-0.25, -0.2) is 0 Å².